The van der Waals surface area contributed by atoms with Crippen LogP contribution in [-0.4, -0.2) is 0 Å². The van der Waals surface area contributed by atoms with Crippen molar-refractivity contribution in [3.05, 3.63) is 197 Å². The Morgan fingerprint density at radius 1 is 0.596 bits per heavy atom. The lowest BCUT2D eigenvalue weighted by Gasteiger charge is -2.41. The maximum absolute atomic E-state index is 7.21. The summed E-state index contributed by atoms with van der Waals surface area (Å²) in [7, 11) is 0. The molecule has 0 amide bonds. The van der Waals surface area contributed by atoms with Crippen molar-refractivity contribution in [3.63, 3.8) is 0 Å². The van der Waals surface area contributed by atoms with Crippen LogP contribution in [0.5, 0.6) is 0 Å². The topological polar surface area (TPSA) is 29.5 Å². The van der Waals surface area contributed by atoms with E-state index in [-0.39, 0.29) is 11.3 Å². The van der Waals surface area contributed by atoms with Gasteiger partial charge in [0.15, 0.2) is 0 Å². The summed E-state index contributed by atoms with van der Waals surface area (Å²) in [5.74, 6) is 0.256. The highest BCUT2D eigenvalue weighted by atomic mass is 16.3. The minimum atomic E-state index is -0.388. The number of anilines is 2. The van der Waals surface area contributed by atoms with Gasteiger partial charge in [0.2, 0.25) is 0 Å². The molecule has 0 spiro atoms. The Labute approximate surface area is 301 Å². The number of fused-ring (bicyclic) bond motifs is 9. The molecule has 0 aliphatic heterocycles. The molecule has 0 saturated heterocycles. The van der Waals surface area contributed by atoms with Crippen molar-refractivity contribution in [1.29, 1.82) is 0 Å². The molecule has 0 radical (unpaired) electrons. The highest BCUT2D eigenvalue weighted by molar-refractivity contribution is 6.14. The van der Waals surface area contributed by atoms with Crippen LogP contribution in [0.2, 0.25) is 0 Å². The average molecular weight is 670 g/mol. The van der Waals surface area contributed by atoms with E-state index in [2.05, 4.69) is 169 Å². The Morgan fingerprint density at radius 2 is 1.29 bits per heavy atom. The predicted molar refractivity (Wildman–Crippen MR) is 213 cm³/mol. The van der Waals surface area contributed by atoms with Crippen LogP contribution in [0.15, 0.2) is 179 Å². The number of benzene rings is 6. The molecule has 2 atom stereocenters. The van der Waals surface area contributed by atoms with Crippen LogP contribution in [-0.2, 0) is 5.41 Å². The van der Waals surface area contributed by atoms with Crippen LogP contribution < -0.4 is 15.5 Å². The summed E-state index contributed by atoms with van der Waals surface area (Å²) in [6.07, 6.45) is 9.61. The molecular formula is C49H35NO2. The molecule has 0 saturated carbocycles. The van der Waals surface area contributed by atoms with Crippen molar-refractivity contribution >= 4 is 61.1 Å². The van der Waals surface area contributed by atoms with Gasteiger partial charge in [0, 0.05) is 33.3 Å². The van der Waals surface area contributed by atoms with Crippen LogP contribution in [0.25, 0.3) is 49.8 Å². The SMILES string of the molecule is C1=CCC2C(=C1)c1ccccc1C2(C1=c2oc3ccccc3c2=C(N(c2ccccc2)c2cccc3oc4ccccc4c23)CC1)c1ccccc1. The second kappa shape index (κ2) is 11.3. The van der Waals surface area contributed by atoms with Crippen LogP contribution in [0, 0.1) is 5.92 Å². The molecule has 6 aromatic carbocycles. The molecule has 248 valence electrons. The minimum absolute atomic E-state index is 0.256. The molecule has 3 heteroatoms. The highest BCUT2D eigenvalue weighted by Crippen LogP contribution is 2.61. The molecule has 8 aromatic rings. The van der Waals surface area contributed by atoms with Gasteiger partial charge in [-0.1, -0.05) is 133 Å². The van der Waals surface area contributed by atoms with Gasteiger partial charge in [0.25, 0.3) is 0 Å². The summed E-state index contributed by atoms with van der Waals surface area (Å²) in [5.41, 5.74) is 13.6. The van der Waals surface area contributed by atoms with E-state index in [0.717, 1.165) is 69.0 Å². The number of para-hydroxylation sites is 3. The zero-order chi connectivity index (χ0) is 34.2. The summed E-state index contributed by atoms with van der Waals surface area (Å²) < 4.78 is 13.7. The number of rotatable bonds is 5. The molecule has 2 unspecified atom stereocenters. The molecule has 0 N–H and O–H groups in total. The maximum atomic E-state index is 7.21. The first-order valence-electron chi connectivity index (χ1n) is 18.3. The number of allylic oxidation sites excluding steroid dienone is 4. The van der Waals surface area contributed by atoms with Gasteiger partial charge in [0.05, 0.1) is 16.5 Å². The average Bonchev–Trinajstić information content (AvgIpc) is 3.88. The molecule has 3 aliphatic rings. The quantitative estimate of drug-likeness (QED) is 0.183. The van der Waals surface area contributed by atoms with E-state index in [4.69, 9.17) is 8.83 Å². The number of furan rings is 2. The number of nitrogens with zero attached hydrogens (tertiary/aromatic N) is 1. The Bertz CT molecular complexity index is 2890. The smallest absolute Gasteiger partial charge is 0.137 e. The fourth-order valence-corrected chi connectivity index (χ4v) is 9.77. The fraction of sp³-hybridized carbons (Fsp3) is 0.102. The molecule has 2 heterocycles. The molecule has 0 fully saturated rings. The lowest BCUT2D eigenvalue weighted by molar-refractivity contribution is 0.480. The lowest BCUT2D eigenvalue weighted by atomic mass is 9.61. The van der Waals surface area contributed by atoms with Gasteiger partial charge in [-0.3, -0.25) is 0 Å². The normalized spacial score (nSPS) is 19.2. The summed E-state index contributed by atoms with van der Waals surface area (Å²) in [5, 5.41) is 4.56. The van der Waals surface area contributed by atoms with E-state index >= 15 is 0 Å². The maximum Gasteiger partial charge on any atom is 0.137 e. The Morgan fingerprint density at radius 3 is 2.13 bits per heavy atom. The van der Waals surface area contributed by atoms with E-state index < -0.39 is 0 Å². The monoisotopic (exact) mass is 669 g/mol. The zero-order valence-electron chi connectivity index (χ0n) is 28.6. The van der Waals surface area contributed by atoms with Crippen molar-refractivity contribution in [2.45, 2.75) is 24.7 Å². The zero-order valence-corrected chi connectivity index (χ0v) is 28.6. The third kappa shape index (κ3) is 4.02. The van der Waals surface area contributed by atoms with E-state index in [1.165, 1.54) is 38.8 Å². The molecule has 0 bridgehead atoms. The molecule has 52 heavy (non-hydrogen) atoms. The van der Waals surface area contributed by atoms with Crippen LogP contribution >= 0.6 is 0 Å². The van der Waals surface area contributed by atoms with E-state index in [9.17, 15) is 0 Å². The van der Waals surface area contributed by atoms with Gasteiger partial charge in [-0.25, -0.2) is 0 Å². The summed E-state index contributed by atoms with van der Waals surface area (Å²) in [6, 6.07) is 54.6. The van der Waals surface area contributed by atoms with Crippen molar-refractivity contribution in [2.24, 2.45) is 5.92 Å². The van der Waals surface area contributed by atoms with E-state index in [1.807, 2.05) is 6.07 Å². The van der Waals surface area contributed by atoms with Gasteiger partial charge in [0.1, 0.15) is 22.2 Å². The fourth-order valence-electron chi connectivity index (χ4n) is 9.77. The Balaban J connectivity index is 1.31. The Kier molecular flexibility index (Phi) is 6.42. The molecular weight excluding hydrogens is 635 g/mol. The van der Waals surface area contributed by atoms with Gasteiger partial charge >= 0.3 is 0 Å². The molecule has 11 rings (SSSR count). The summed E-state index contributed by atoms with van der Waals surface area (Å²) in [4.78, 5) is 2.48. The van der Waals surface area contributed by atoms with Crippen LogP contribution in [0.4, 0.5) is 11.4 Å². The van der Waals surface area contributed by atoms with Crippen molar-refractivity contribution in [3.8, 4) is 0 Å². The van der Waals surface area contributed by atoms with Gasteiger partial charge in [-0.15, -0.1) is 0 Å². The van der Waals surface area contributed by atoms with Crippen molar-refractivity contribution in [1.82, 2.24) is 0 Å². The third-order valence-electron chi connectivity index (χ3n) is 11.7. The third-order valence-corrected chi connectivity index (χ3v) is 11.7. The first kappa shape index (κ1) is 29.4. The predicted octanol–water partition coefficient (Wildman–Crippen LogP) is 11.2. The standard InChI is InChI=1S/C49H35NO2/c1-3-16-32(17-4-1)49(38-24-11-7-20-34(38)35-21-8-12-25-39(35)49)40-30-31-42(47-37-23-10-14-28-44(37)52-48(40)47)50(33-18-5-2-6-19-33)41-26-15-29-45-46(41)36-22-9-13-27-43(36)51-45/h1-24,26-29,39H,25,30-31H2. The second-order valence-electron chi connectivity index (χ2n) is 14.2. The van der Waals surface area contributed by atoms with Crippen molar-refractivity contribution in [2.75, 3.05) is 4.90 Å². The number of hydrogen-bond acceptors (Lipinski definition) is 3. The molecule has 2 aromatic heterocycles. The lowest BCUT2D eigenvalue weighted by Crippen LogP contribution is -2.44. The first-order chi connectivity index (χ1) is 25.8. The molecule has 3 aliphatic carbocycles. The second-order valence-corrected chi connectivity index (χ2v) is 14.2. The molecule has 3 nitrogen and oxygen atoms in total. The van der Waals surface area contributed by atoms with Crippen LogP contribution in [0.3, 0.4) is 0 Å². The summed E-state index contributed by atoms with van der Waals surface area (Å²) in [6.45, 7) is 0. The summed E-state index contributed by atoms with van der Waals surface area (Å²) >= 11 is 0. The van der Waals surface area contributed by atoms with E-state index in [0.29, 0.717) is 0 Å². The van der Waals surface area contributed by atoms with Crippen LogP contribution in [0.1, 0.15) is 36.0 Å². The van der Waals surface area contributed by atoms with E-state index in [1.54, 1.807) is 0 Å². The van der Waals surface area contributed by atoms with Gasteiger partial charge < -0.3 is 13.7 Å². The highest BCUT2D eigenvalue weighted by Gasteiger charge is 2.53. The largest absolute Gasteiger partial charge is 0.456 e. The van der Waals surface area contributed by atoms with Crippen molar-refractivity contribution < 1.29 is 8.83 Å². The number of hydrogen-bond donors (Lipinski definition) is 0. The van der Waals surface area contributed by atoms with Gasteiger partial charge in [-0.05, 0) is 83.5 Å². The van der Waals surface area contributed by atoms with Gasteiger partial charge in [-0.2, -0.15) is 0 Å². The minimum Gasteiger partial charge on any atom is -0.456 e. The Hall–Kier alpha value is -6.32. The first-order valence-corrected chi connectivity index (χ1v) is 18.3.